The Labute approximate surface area is 176 Å². The van der Waals surface area contributed by atoms with Crippen molar-refractivity contribution in [2.75, 3.05) is 6.61 Å². The molecule has 2 aromatic rings. The minimum absolute atomic E-state index is 0.109. The second-order valence-corrected chi connectivity index (χ2v) is 7.34. The highest BCUT2D eigenvalue weighted by Gasteiger charge is 2.28. The summed E-state index contributed by atoms with van der Waals surface area (Å²) in [6.07, 6.45) is 7.94. The molecule has 0 fully saturated rings. The minimum Gasteiger partial charge on any atom is -0.466 e. The van der Waals surface area contributed by atoms with Gasteiger partial charge in [-0.1, -0.05) is 92.6 Å². The summed E-state index contributed by atoms with van der Waals surface area (Å²) in [5.41, 5.74) is 2.50. The zero-order valence-corrected chi connectivity index (χ0v) is 18.1. The van der Waals surface area contributed by atoms with E-state index in [1.165, 1.54) is 11.1 Å². The summed E-state index contributed by atoms with van der Waals surface area (Å²) in [5, 5.41) is 0. The zero-order chi connectivity index (χ0) is 20.9. The van der Waals surface area contributed by atoms with Crippen LogP contribution in [-0.2, 0) is 16.1 Å². The maximum atomic E-state index is 12.4. The van der Waals surface area contributed by atoms with Crippen molar-refractivity contribution >= 4 is 5.97 Å². The highest BCUT2D eigenvalue weighted by Crippen LogP contribution is 2.30. The van der Waals surface area contributed by atoms with E-state index in [9.17, 15) is 4.79 Å². The maximum absolute atomic E-state index is 12.4. The number of benzene rings is 2. The highest BCUT2D eigenvalue weighted by molar-refractivity contribution is 5.70. The summed E-state index contributed by atoms with van der Waals surface area (Å²) < 4.78 is 5.31. The molecule has 0 amide bonds. The van der Waals surface area contributed by atoms with Crippen LogP contribution in [0.3, 0.4) is 0 Å². The molecule has 3 nitrogen and oxygen atoms in total. The van der Waals surface area contributed by atoms with Crippen molar-refractivity contribution in [2.45, 2.75) is 65.1 Å². The third-order valence-electron chi connectivity index (χ3n) is 5.15. The first-order chi connectivity index (χ1) is 14.2. The molecule has 3 heteroatoms. The largest absolute Gasteiger partial charge is 0.466 e. The lowest BCUT2D eigenvalue weighted by atomic mass is 9.97. The van der Waals surface area contributed by atoms with Gasteiger partial charge < -0.3 is 4.74 Å². The highest BCUT2D eigenvalue weighted by atomic mass is 16.5. The second-order valence-electron chi connectivity index (χ2n) is 7.34. The molecule has 0 bridgehead atoms. The van der Waals surface area contributed by atoms with E-state index in [1.807, 2.05) is 19.1 Å². The normalized spacial score (nSPS) is 13.5. The van der Waals surface area contributed by atoms with Gasteiger partial charge in [-0.25, -0.2) is 0 Å². The predicted molar refractivity (Wildman–Crippen MR) is 121 cm³/mol. The number of unbranched alkanes of at least 4 members (excludes halogenated alkanes) is 1. The van der Waals surface area contributed by atoms with Gasteiger partial charge in [0.25, 0.3) is 0 Å². The van der Waals surface area contributed by atoms with Gasteiger partial charge in [0.05, 0.1) is 19.1 Å². The lowest BCUT2D eigenvalue weighted by Crippen LogP contribution is -2.39. The molecule has 0 radical (unpaired) electrons. The van der Waals surface area contributed by atoms with Crippen LogP contribution in [0.15, 0.2) is 72.8 Å². The third-order valence-corrected chi connectivity index (χ3v) is 5.15. The number of nitrogens with zero attached hydrogens (tertiary/aromatic N) is 1. The third kappa shape index (κ3) is 7.51. The fraction of sp³-hybridized carbons (Fsp3) is 0.423. The first-order valence-electron chi connectivity index (χ1n) is 10.8. The first kappa shape index (κ1) is 22.9. The number of rotatable bonds is 12. The van der Waals surface area contributed by atoms with E-state index in [0.29, 0.717) is 13.0 Å². The summed E-state index contributed by atoms with van der Waals surface area (Å²) in [6.45, 7) is 7.34. The second kappa shape index (κ2) is 12.9. The Morgan fingerprint density at radius 1 is 1.03 bits per heavy atom. The smallest absolute Gasteiger partial charge is 0.307 e. The summed E-state index contributed by atoms with van der Waals surface area (Å²) in [7, 11) is 0. The molecule has 0 aliphatic carbocycles. The van der Waals surface area contributed by atoms with Crippen molar-refractivity contribution in [3.05, 3.63) is 83.9 Å². The van der Waals surface area contributed by atoms with Crippen LogP contribution in [0, 0.1) is 0 Å². The summed E-state index contributed by atoms with van der Waals surface area (Å²) >= 11 is 0. The fourth-order valence-corrected chi connectivity index (χ4v) is 3.73. The van der Waals surface area contributed by atoms with Gasteiger partial charge in [0.15, 0.2) is 0 Å². The van der Waals surface area contributed by atoms with E-state index in [-0.39, 0.29) is 18.1 Å². The molecule has 29 heavy (non-hydrogen) atoms. The molecule has 2 aromatic carbocycles. The van der Waals surface area contributed by atoms with Gasteiger partial charge in [-0.2, -0.15) is 0 Å². The Bertz CT molecular complexity index is 727. The number of hydrogen-bond acceptors (Lipinski definition) is 3. The standard InChI is InChI=1S/C26H35NO2/c1-4-7-19-24(20-26(28)29-6-3)27(21-22-15-10-8-11-16-22)25(14-5-2)23-17-12-9-13-18-23/h5,8-18,24-25H,4,6-7,19-21H2,1-3H3. The van der Waals surface area contributed by atoms with Crippen molar-refractivity contribution < 1.29 is 9.53 Å². The molecule has 0 heterocycles. The zero-order valence-electron chi connectivity index (χ0n) is 18.1. The summed E-state index contributed by atoms with van der Waals surface area (Å²) in [6, 6.07) is 21.3. The Kier molecular flexibility index (Phi) is 10.2. The maximum Gasteiger partial charge on any atom is 0.307 e. The van der Waals surface area contributed by atoms with E-state index >= 15 is 0 Å². The Balaban J connectivity index is 2.41. The van der Waals surface area contributed by atoms with Gasteiger partial charge in [0, 0.05) is 12.6 Å². The van der Waals surface area contributed by atoms with Crippen LogP contribution in [0.25, 0.3) is 0 Å². The molecule has 0 aromatic heterocycles. The Morgan fingerprint density at radius 2 is 1.69 bits per heavy atom. The lowest BCUT2D eigenvalue weighted by molar-refractivity contribution is -0.144. The van der Waals surface area contributed by atoms with Gasteiger partial charge in [-0.15, -0.1) is 0 Å². The molecule has 2 unspecified atom stereocenters. The number of carbonyl (C=O) groups excluding carboxylic acids is 1. The number of carbonyl (C=O) groups is 1. The molecule has 0 spiro atoms. The van der Waals surface area contributed by atoms with Crippen molar-refractivity contribution in [1.29, 1.82) is 0 Å². The number of hydrogen-bond donors (Lipinski definition) is 0. The topological polar surface area (TPSA) is 29.5 Å². The van der Waals surface area contributed by atoms with E-state index in [0.717, 1.165) is 25.8 Å². The van der Waals surface area contributed by atoms with Crippen LogP contribution >= 0.6 is 0 Å². The molecule has 0 aliphatic heterocycles. The summed E-state index contributed by atoms with van der Waals surface area (Å²) in [5.74, 6) is -0.112. The van der Waals surface area contributed by atoms with E-state index in [4.69, 9.17) is 4.74 Å². The molecule has 0 saturated carbocycles. The monoisotopic (exact) mass is 393 g/mol. The lowest BCUT2D eigenvalue weighted by Gasteiger charge is -2.37. The van der Waals surface area contributed by atoms with Crippen molar-refractivity contribution in [2.24, 2.45) is 0 Å². The Hall–Kier alpha value is -2.39. The fourth-order valence-electron chi connectivity index (χ4n) is 3.73. The van der Waals surface area contributed by atoms with Crippen LogP contribution in [0.2, 0.25) is 0 Å². The predicted octanol–water partition coefficient (Wildman–Crippen LogP) is 6.32. The number of esters is 1. The van der Waals surface area contributed by atoms with Gasteiger partial charge in [0.2, 0.25) is 0 Å². The van der Waals surface area contributed by atoms with Crippen LogP contribution < -0.4 is 0 Å². The molecule has 2 atom stereocenters. The van der Waals surface area contributed by atoms with E-state index < -0.39 is 0 Å². The van der Waals surface area contributed by atoms with Crippen molar-refractivity contribution in [3.8, 4) is 0 Å². The van der Waals surface area contributed by atoms with E-state index in [2.05, 4.69) is 79.4 Å². The molecule has 2 rings (SSSR count). The van der Waals surface area contributed by atoms with Crippen molar-refractivity contribution in [1.82, 2.24) is 4.90 Å². The van der Waals surface area contributed by atoms with Gasteiger partial charge in [-0.3, -0.25) is 9.69 Å². The van der Waals surface area contributed by atoms with E-state index in [1.54, 1.807) is 0 Å². The molecule has 156 valence electrons. The minimum atomic E-state index is -0.112. The quantitative estimate of drug-likeness (QED) is 0.312. The molecular weight excluding hydrogens is 358 g/mol. The van der Waals surface area contributed by atoms with Crippen LogP contribution in [0.1, 0.15) is 63.6 Å². The molecular formula is C26H35NO2. The van der Waals surface area contributed by atoms with Gasteiger partial charge >= 0.3 is 5.97 Å². The van der Waals surface area contributed by atoms with Crippen molar-refractivity contribution in [3.63, 3.8) is 0 Å². The number of allylic oxidation sites excluding steroid dienone is 1. The molecule has 0 aliphatic rings. The van der Waals surface area contributed by atoms with Crippen LogP contribution in [0.5, 0.6) is 0 Å². The Morgan fingerprint density at radius 3 is 2.28 bits per heavy atom. The molecule has 0 saturated heterocycles. The van der Waals surface area contributed by atoms with Gasteiger partial charge in [-0.05, 0) is 31.4 Å². The SMILES string of the molecule is CC=CC(c1ccccc1)N(Cc1ccccc1)C(CCCC)CC(=O)OCC. The van der Waals surface area contributed by atoms with Crippen LogP contribution in [-0.4, -0.2) is 23.5 Å². The molecule has 0 N–H and O–H groups in total. The van der Waals surface area contributed by atoms with Gasteiger partial charge in [0.1, 0.15) is 0 Å². The van der Waals surface area contributed by atoms with Crippen LogP contribution in [0.4, 0.5) is 0 Å². The number of ether oxygens (including phenoxy) is 1. The average molecular weight is 394 g/mol. The first-order valence-corrected chi connectivity index (χ1v) is 10.8. The summed E-state index contributed by atoms with van der Waals surface area (Å²) in [4.78, 5) is 14.9. The average Bonchev–Trinajstić information content (AvgIpc) is 2.75.